The number of sulfonamides is 1. The summed E-state index contributed by atoms with van der Waals surface area (Å²) in [6, 6.07) is -0.0161. The van der Waals surface area contributed by atoms with E-state index in [0.717, 1.165) is 6.20 Å². The van der Waals surface area contributed by atoms with Crippen molar-refractivity contribution in [3.05, 3.63) is 41.2 Å². The van der Waals surface area contributed by atoms with E-state index in [1.807, 2.05) is 0 Å². The Morgan fingerprint density at radius 1 is 1.14 bits per heavy atom. The van der Waals surface area contributed by atoms with E-state index < -0.39 is 39.0 Å². The number of hydrogen-bond donors (Lipinski definition) is 1. The van der Waals surface area contributed by atoms with E-state index in [-0.39, 0.29) is 16.7 Å². The van der Waals surface area contributed by atoms with Gasteiger partial charge in [-0.25, -0.2) is 26.0 Å². The van der Waals surface area contributed by atoms with Crippen molar-refractivity contribution in [3.8, 4) is 0 Å². The van der Waals surface area contributed by atoms with Gasteiger partial charge in [0.25, 0.3) is 10.0 Å². The molecule has 5 nitrogen and oxygen atoms in total. The molecule has 1 aromatic heterocycles. The third-order valence-corrected chi connectivity index (χ3v) is 4.28. The Kier molecular flexibility index (Phi) is 3.66. The summed E-state index contributed by atoms with van der Waals surface area (Å²) in [4.78, 5) is -0.367. The van der Waals surface area contributed by atoms with E-state index in [1.54, 1.807) is 0 Å². The quantitative estimate of drug-likeness (QED) is 0.695. The maximum Gasteiger partial charge on any atom is 0.265 e. The van der Waals surface area contributed by atoms with Crippen molar-refractivity contribution in [1.82, 2.24) is 9.78 Å². The van der Waals surface area contributed by atoms with Crippen LogP contribution in [0.2, 0.25) is 0 Å². The van der Waals surface area contributed by atoms with Crippen LogP contribution in [-0.4, -0.2) is 18.2 Å². The lowest BCUT2D eigenvalue weighted by Crippen LogP contribution is -2.17. The van der Waals surface area contributed by atoms with Crippen LogP contribution in [0.3, 0.4) is 0 Å². The van der Waals surface area contributed by atoms with Gasteiger partial charge < -0.3 is 0 Å². The zero-order valence-corrected chi connectivity index (χ0v) is 11.6. The lowest BCUT2D eigenvalue weighted by atomic mass is 10.3. The summed E-state index contributed by atoms with van der Waals surface area (Å²) in [5.74, 6) is -7.10. The summed E-state index contributed by atoms with van der Waals surface area (Å²) in [5.41, 5.74) is -1.24. The zero-order valence-electron chi connectivity index (χ0n) is 10.8. The van der Waals surface area contributed by atoms with Crippen molar-refractivity contribution in [2.24, 2.45) is 7.05 Å². The minimum Gasteiger partial charge on any atom is -0.274 e. The summed E-state index contributed by atoms with van der Waals surface area (Å²) < 4.78 is 79.8. The lowest BCUT2D eigenvalue weighted by molar-refractivity contribution is 0.459. The largest absolute Gasteiger partial charge is 0.274 e. The number of rotatable bonds is 3. The van der Waals surface area contributed by atoms with Gasteiger partial charge in [0.15, 0.2) is 23.3 Å². The molecular formula is C11H9F4N3O2S. The predicted molar refractivity (Wildman–Crippen MR) is 65.0 cm³/mol. The Labute approximate surface area is 117 Å². The molecule has 114 valence electrons. The number of halogens is 4. The monoisotopic (exact) mass is 323 g/mol. The highest BCUT2D eigenvalue weighted by atomic mass is 32.2. The van der Waals surface area contributed by atoms with E-state index in [1.165, 1.54) is 23.4 Å². The van der Waals surface area contributed by atoms with Crippen molar-refractivity contribution < 1.29 is 26.0 Å². The molecule has 21 heavy (non-hydrogen) atoms. The van der Waals surface area contributed by atoms with E-state index in [2.05, 4.69) is 5.10 Å². The van der Waals surface area contributed by atoms with Crippen LogP contribution in [0.25, 0.3) is 0 Å². The predicted octanol–water partition coefficient (Wildman–Crippen LogP) is 2.09. The van der Waals surface area contributed by atoms with E-state index >= 15 is 0 Å². The molecule has 0 radical (unpaired) electrons. The van der Waals surface area contributed by atoms with Gasteiger partial charge in [0.05, 0.1) is 11.9 Å². The normalized spacial score (nSPS) is 11.7. The molecule has 0 amide bonds. The van der Waals surface area contributed by atoms with E-state index in [9.17, 15) is 26.0 Å². The molecule has 1 heterocycles. The standard InChI is InChI=1S/C11H9F4N3O2S/c1-5-8(4-16-18(5)2)21(19,20)17-11-9(14)6(12)3-7(13)10(11)15/h3-4,17H,1-2H3. The van der Waals surface area contributed by atoms with Crippen LogP contribution < -0.4 is 4.72 Å². The van der Waals surface area contributed by atoms with Crippen molar-refractivity contribution in [2.75, 3.05) is 4.72 Å². The molecule has 0 unspecified atom stereocenters. The van der Waals surface area contributed by atoms with Crippen molar-refractivity contribution in [1.29, 1.82) is 0 Å². The summed E-state index contributed by atoms with van der Waals surface area (Å²) in [7, 11) is -2.99. The van der Waals surface area contributed by atoms with Gasteiger partial charge in [0, 0.05) is 13.1 Å². The second-order valence-corrected chi connectivity index (χ2v) is 5.82. The van der Waals surface area contributed by atoms with Gasteiger partial charge in [0.1, 0.15) is 10.6 Å². The molecule has 0 aliphatic rings. The molecule has 2 rings (SSSR count). The highest BCUT2D eigenvalue weighted by Crippen LogP contribution is 2.27. The van der Waals surface area contributed by atoms with Crippen LogP contribution in [0.15, 0.2) is 17.2 Å². The van der Waals surface area contributed by atoms with Gasteiger partial charge in [0.2, 0.25) is 0 Å². The maximum absolute atomic E-state index is 13.5. The summed E-state index contributed by atoms with van der Waals surface area (Å²) in [6.07, 6.45) is 0.948. The van der Waals surface area contributed by atoms with Crippen LogP contribution in [0.5, 0.6) is 0 Å². The van der Waals surface area contributed by atoms with Gasteiger partial charge in [-0.1, -0.05) is 0 Å². The molecule has 1 aromatic carbocycles. The number of anilines is 1. The number of nitrogens with one attached hydrogen (secondary N) is 1. The Morgan fingerprint density at radius 3 is 2.10 bits per heavy atom. The second-order valence-electron chi connectivity index (χ2n) is 4.17. The molecule has 0 aliphatic carbocycles. The van der Waals surface area contributed by atoms with Gasteiger partial charge in [-0.05, 0) is 6.92 Å². The molecule has 0 atom stereocenters. The van der Waals surface area contributed by atoms with Gasteiger partial charge in [-0.15, -0.1) is 0 Å². The molecule has 0 aliphatic heterocycles. The van der Waals surface area contributed by atoms with Gasteiger partial charge in [-0.3, -0.25) is 9.40 Å². The van der Waals surface area contributed by atoms with Crippen LogP contribution in [-0.2, 0) is 17.1 Å². The molecule has 0 saturated carbocycles. The lowest BCUT2D eigenvalue weighted by Gasteiger charge is -2.10. The molecular weight excluding hydrogens is 314 g/mol. The first-order valence-corrected chi connectivity index (χ1v) is 6.98. The number of benzene rings is 1. The Morgan fingerprint density at radius 2 is 1.67 bits per heavy atom. The zero-order chi connectivity index (χ0) is 15.9. The summed E-state index contributed by atoms with van der Waals surface area (Å²) in [5, 5.41) is 3.67. The average molecular weight is 323 g/mol. The molecule has 0 bridgehead atoms. The van der Waals surface area contributed by atoms with Crippen LogP contribution >= 0.6 is 0 Å². The molecule has 1 N–H and O–H groups in total. The fourth-order valence-electron chi connectivity index (χ4n) is 1.59. The second kappa shape index (κ2) is 5.02. The van der Waals surface area contributed by atoms with Crippen molar-refractivity contribution in [3.63, 3.8) is 0 Å². The molecule has 2 aromatic rings. The first-order chi connectivity index (χ1) is 9.65. The maximum atomic E-state index is 13.5. The SMILES string of the molecule is Cc1c(S(=O)(=O)Nc2c(F)c(F)cc(F)c2F)cnn1C. The summed E-state index contributed by atoms with van der Waals surface area (Å²) >= 11 is 0. The van der Waals surface area contributed by atoms with E-state index in [4.69, 9.17) is 0 Å². The number of nitrogens with zero attached hydrogens (tertiary/aromatic N) is 2. The molecule has 0 spiro atoms. The van der Waals surface area contributed by atoms with Gasteiger partial charge in [-0.2, -0.15) is 5.10 Å². The number of aryl methyl sites for hydroxylation is 1. The Balaban J connectivity index is 2.54. The highest BCUT2D eigenvalue weighted by Gasteiger charge is 2.26. The third kappa shape index (κ3) is 2.58. The highest BCUT2D eigenvalue weighted by molar-refractivity contribution is 7.92. The molecule has 0 fully saturated rings. The first kappa shape index (κ1) is 15.3. The van der Waals surface area contributed by atoms with Crippen molar-refractivity contribution >= 4 is 15.7 Å². The van der Waals surface area contributed by atoms with Crippen molar-refractivity contribution in [2.45, 2.75) is 11.8 Å². The van der Waals surface area contributed by atoms with E-state index in [0.29, 0.717) is 0 Å². The first-order valence-electron chi connectivity index (χ1n) is 5.49. The third-order valence-electron chi connectivity index (χ3n) is 2.83. The number of hydrogen-bond acceptors (Lipinski definition) is 3. The molecule has 10 heteroatoms. The van der Waals surface area contributed by atoms with Crippen LogP contribution in [0.1, 0.15) is 5.69 Å². The fourth-order valence-corrected chi connectivity index (χ4v) is 2.86. The summed E-state index contributed by atoms with van der Waals surface area (Å²) in [6.45, 7) is 1.40. The average Bonchev–Trinajstić information content (AvgIpc) is 2.73. The minimum absolute atomic E-state index is 0.0161. The van der Waals surface area contributed by atoms with Gasteiger partial charge >= 0.3 is 0 Å². The Bertz CT molecular complexity index is 791. The Hall–Kier alpha value is -2.10. The number of aromatic nitrogens is 2. The van der Waals surface area contributed by atoms with Crippen LogP contribution in [0, 0.1) is 30.2 Å². The topological polar surface area (TPSA) is 64.0 Å². The van der Waals surface area contributed by atoms with Crippen LogP contribution in [0.4, 0.5) is 23.2 Å². The molecule has 0 saturated heterocycles. The minimum atomic E-state index is -4.45. The fraction of sp³-hybridized carbons (Fsp3) is 0.182. The smallest absolute Gasteiger partial charge is 0.265 e.